The van der Waals surface area contributed by atoms with Crippen molar-refractivity contribution in [3.8, 4) is 0 Å². The topological polar surface area (TPSA) is 49.3 Å². The Kier molecular flexibility index (Phi) is 4.92. The van der Waals surface area contributed by atoms with Gasteiger partial charge in [-0.2, -0.15) is 0 Å². The molecule has 0 atom stereocenters. The molecule has 0 radical (unpaired) electrons. The maximum Gasteiger partial charge on any atom is 0.304 e. The van der Waals surface area contributed by atoms with Crippen molar-refractivity contribution in [3.05, 3.63) is 35.1 Å². The molecule has 0 heterocycles. The molecule has 1 rings (SSSR count). The summed E-state index contributed by atoms with van der Waals surface area (Å²) in [7, 11) is 0. The Morgan fingerprint density at radius 3 is 2.81 bits per heavy atom. The average molecular weight is 225 g/mol. The molecule has 0 aliphatic heterocycles. The molecule has 88 valence electrons. The molecule has 1 aromatic carbocycles. The van der Waals surface area contributed by atoms with E-state index in [1.165, 1.54) is 6.07 Å². The zero-order chi connectivity index (χ0) is 12.0. The Morgan fingerprint density at radius 1 is 1.44 bits per heavy atom. The summed E-state index contributed by atoms with van der Waals surface area (Å²) < 4.78 is 12.9. The summed E-state index contributed by atoms with van der Waals surface area (Å²) in [6.45, 7) is 2.91. The molecule has 0 saturated carbocycles. The van der Waals surface area contributed by atoms with Gasteiger partial charge in [0.15, 0.2) is 0 Å². The van der Waals surface area contributed by atoms with Crippen molar-refractivity contribution in [1.29, 1.82) is 0 Å². The number of benzene rings is 1. The van der Waals surface area contributed by atoms with E-state index in [-0.39, 0.29) is 12.2 Å². The van der Waals surface area contributed by atoms with E-state index in [1.807, 2.05) is 6.07 Å². The molecular formula is C12H16FNO2. The number of hydrogen-bond acceptors (Lipinski definition) is 2. The quantitative estimate of drug-likeness (QED) is 0.725. The SMILES string of the molecule is Cc1cc(CCNCCC(=O)O)ccc1F. The lowest BCUT2D eigenvalue weighted by molar-refractivity contribution is -0.136. The molecule has 2 N–H and O–H groups in total. The van der Waals surface area contributed by atoms with Crippen LogP contribution in [0.5, 0.6) is 0 Å². The molecule has 0 saturated heterocycles. The molecule has 0 spiro atoms. The molecule has 0 aliphatic rings. The molecule has 16 heavy (non-hydrogen) atoms. The number of aryl methyl sites for hydroxylation is 1. The van der Waals surface area contributed by atoms with Gasteiger partial charge in [-0.3, -0.25) is 4.79 Å². The van der Waals surface area contributed by atoms with E-state index in [2.05, 4.69) is 5.32 Å². The Hall–Kier alpha value is -1.42. The largest absolute Gasteiger partial charge is 0.481 e. The number of aliphatic carboxylic acids is 1. The molecule has 0 bridgehead atoms. The highest BCUT2D eigenvalue weighted by atomic mass is 19.1. The summed E-state index contributed by atoms with van der Waals surface area (Å²) in [6, 6.07) is 5.03. The number of carbonyl (C=O) groups is 1. The average Bonchev–Trinajstić information content (AvgIpc) is 2.22. The third-order valence-corrected chi connectivity index (χ3v) is 2.33. The number of carboxylic acid groups (broad SMARTS) is 1. The molecule has 3 nitrogen and oxygen atoms in total. The molecule has 4 heteroatoms. The van der Waals surface area contributed by atoms with Gasteiger partial charge in [0.25, 0.3) is 0 Å². The van der Waals surface area contributed by atoms with Crippen LogP contribution >= 0.6 is 0 Å². The monoisotopic (exact) mass is 225 g/mol. The molecular weight excluding hydrogens is 209 g/mol. The molecule has 0 fully saturated rings. The summed E-state index contributed by atoms with van der Waals surface area (Å²) in [5, 5.41) is 11.4. The number of nitrogens with one attached hydrogen (secondary N) is 1. The zero-order valence-electron chi connectivity index (χ0n) is 9.29. The van der Waals surface area contributed by atoms with Crippen LogP contribution in [0.1, 0.15) is 17.5 Å². The second-order valence-electron chi connectivity index (χ2n) is 3.73. The molecule has 0 aliphatic carbocycles. The van der Waals surface area contributed by atoms with Gasteiger partial charge in [0, 0.05) is 6.54 Å². The van der Waals surface area contributed by atoms with E-state index < -0.39 is 5.97 Å². The van der Waals surface area contributed by atoms with Gasteiger partial charge in [0.05, 0.1) is 6.42 Å². The smallest absolute Gasteiger partial charge is 0.304 e. The van der Waals surface area contributed by atoms with Gasteiger partial charge in [-0.15, -0.1) is 0 Å². The minimum atomic E-state index is -0.801. The van der Waals surface area contributed by atoms with Crippen LogP contribution in [0.15, 0.2) is 18.2 Å². The first kappa shape index (κ1) is 12.6. The van der Waals surface area contributed by atoms with Crippen LogP contribution < -0.4 is 5.32 Å². The van der Waals surface area contributed by atoms with Crippen LogP contribution in [0.4, 0.5) is 4.39 Å². The lowest BCUT2D eigenvalue weighted by Gasteiger charge is -2.04. The van der Waals surface area contributed by atoms with E-state index in [0.29, 0.717) is 18.7 Å². The van der Waals surface area contributed by atoms with Gasteiger partial charge in [0.2, 0.25) is 0 Å². The molecule has 1 aromatic rings. The van der Waals surface area contributed by atoms with E-state index in [0.717, 1.165) is 12.0 Å². The fourth-order valence-corrected chi connectivity index (χ4v) is 1.42. The predicted molar refractivity (Wildman–Crippen MR) is 60.0 cm³/mol. The summed E-state index contributed by atoms with van der Waals surface area (Å²) >= 11 is 0. The van der Waals surface area contributed by atoms with Crippen LogP contribution in [0.25, 0.3) is 0 Å². The lowest BCUT2D eigenvalue weighted by Crippen LogP contribution is -2.20. The standard InChI is InChI=1S/C12H16FNO2/c1-9-8-10(2-3-11(9)13)4-6-14-7-5-12(15)16/h2-3,8,14H,4-7H2,1H3,(H,15,16). The maximum absolute atomic E-state index is 12.9. The number of hydrogen-bond donors (Lipinski definition) is 2. The Morgan fingerprint density at radius 2 is 2.19 bits per heavy atom. The highest BCUT2D eigenvalue weighted by molar-refractivity contribution is 5.66. The first-order valence-corrected chi connectivity index (χ1v) is 5.27. The molecule has 0 aromatic heterocycles. The third-order valence-electron chi connectivity index (χ3n) is 2.33. The van der Waals surface area contributed by atoms with Crippen LogP contribution in [0.3, 0.4) is 0 Å². The van der Waals surface area contributed by atoms with Crippen LogP contribution in [-0.4, -0.2) is 24.2 Å². The zero-order valence-corrected chi connectivity index (χ0v) is 9.29. The highest BCUT2D eigenvalue weighted by Gasteiger charge is 1.99. The Bertz CT molecular complexity index is 366. The summed E-state index contributed by atoms with van der Waals surface area (Å²) in [5.74, 6) is -0.993. The number of rotatable bonds is 6. The third kappa shape index (κ3) is 4.40. The van der Waals surface area contributed by atoms with Gasteiger partial charge in [-0.1, -0.05) is 12.1 Å². The lowest BCUT2D eigenvalue weighted by atomic mass is 10.1. The van der Waals surface area contributed by atoms with E-state index in [4.69, 9.17) is 5.11 Å². The van der Waals surface area contributed by atoms with Crippen LogP contribution in [0, 0.1) is 12.7 Å². The normalized spacial score (nSPS) is 10.4. The number of carboxylic acids is 1. The maximum atomic E-state index is 12.9. The van der Waals surface area contributed by atoms with Crippen molar-refractivity contribution in [3.63, 3.8) is 0 Å². The van der Waals surface area contributed by atoms with Gasteiger partial charge in [0.1, 0.15) is 5.82 Å². The minimum Gasteiger partial charge on any atom is -0.481 e. The highest BCUT2D eigenvalue weighted by Crippen LogP contribution is 2.09. The second kappa shape index (κ2) is 6.23. The Balaban J connectivity index is 2.27. The van der Waals surface area contributed by atoms with E-state index in [9.17, 15) is 9.18 Å². The fourth-order valence-electron chi connectivity index (χ4n) is 1.42. The second-order valence-corrected chi connectivity index (χ2v) is 3.73. The van der Waals surface area contributed by atoms with Crippen molar-refractivity contribution in [2.24, 2.45) is 0 Å². The van der Waals surface area contributed by atoms with Crippen molar-refractivity contribution >= 4 is 5.97 Å². The van der Waals surface area contributed by atoms with Crippen LogP contribution in [0.2, 0.25) is 0 Å². The van der Waals surface area contributed by atoms with Crippen molar-refractivity contribution < 1.29 is 14.3 Å². The predicted octanol–water partition coefficient (Wildman–Crippen LogP) is 1.74. The first-order valence-electron chi connectivity index (χ1n) is 5.27. The van der Waals surface area contributed by atoms with Crippen LogP contribution in [-0.2, 0) is 11.2 Å². The molecule has 0 unspecified atom stereocenters. The van der Waals surface area contributed by atoms with Gasteiger partial charge < -0.3 is 10.4 Å². The number of halogens is 1. The van der Waals surface area contributed by atoms with Gasteiger partial charge in [-0.25, -0.2) is 4.39 Å². The Labute approximate surface area is 94.3 Å². The van der Waals surface area contributed by atoms with Crippen molar-refractivity contribution in [2.45, 2.75) is 19.8 Å². The first-order chi connectivity index (χ1) is 7.59. The van der Waals surface area contributed by atoms with Gasteiger partial charge >= 0.3 is 5.97 Å². The summed E-state index contributed by atoms with van der Waals surface area (Å²) in [6.07, 6.45) is 0.906. The van der Waals surface area contributed by atoms with E-state index in [1.54, 1.807) is 13.0 Å². The summed E-state index contributed by atoms with van der Waals surface area (Å²) in [4.78, 5) is 10.2. The van der Waals surface area contributed by atoms with E-state index >= 15 is 0 Å². The van der Waals surface area contributed by atoms with Crippen molar-refractivity contribution in [2.75, 3.05) is 13.1 Å². The fraction of sp³-hybridized carbons (Fsp3) is 0.417. The van der Waals surface area contributed by atoms with Crippen molar-refractivity contribution in [1.82, 2.24) is 5.32 Å². The summed E-state index contributed by atoms with van der Waals surface area (Å²) in [5.41, 5.74) is 1.70. The minimum absolute atomic E-state index is 0.127. The molecule has 0 amide bonds. The van der Waals surface area contributed by atoms with Gasteiger partial charge in [-0.05, 0) is 37.1 Å².